The molecule has 0 aromatic heterocycles. The third kappa shape index (κ3) is 6.92. The van der Waals surface area contributed by atoms with E-state index in [9.17, 15) is 8.42 Å². The lowest BCUT2D eigenvalue weighted by Crippen LogP contribution is -2.39. The molecule has 0 aromatic rings. The molecule has 0 amide bonds. The van der Waals surface area contributed by atoms with E-state index in [2.05, 4.69) is 0 Å². The van der Waals surface area contributed by atoms with Gasteiger partial charge >= 0.3 is 0 Å². The molecule has 7 heteroatoms. The summed E-state index contributed by atoms with van der Waals surface area (Å²) in [5, 5.41) is 0. The standard InChI is InChI=1S/C10H22N2O3S2/c1-8(2)15-5-6-17(13,14)12(4)9(3)7-10(11)16/h8-9H,5-7H2,1-4H3,(H2,11,16). The Bertz CT molecular complexity index is 341. The molecule has 0 fully saturated rings. The van der Waals surface area contributed by atoms with Gasteiger partial charge in [-0.1, -0.05) is 12.2 Å². The fraction of sp³-hybridized carbons (Fsp3) is 0.900. The summed E-state index contributed by atoms with van der Waals surface area (Å²) >= 11 is 4.77. The van der Waals surface area contributed by atoms with E-state index in [0.717, 1.165) is 0 Å². The summed E-state index contributed by atoms with van der Waals surface area (Å²) in [6, 6.07) is -0.225. The van der Waals surface area contributed by atoms with Crippen molar-refractivity contribution in [3.8, 4) is 0 Å². The van der Waals surface area contributed by atoms with Crippen molar-refractivity contribution in [1.29, 1.82) is 0 Å². The van der Waals surface area contributed by atoms with E-state index >= 15 is 0 Å². The molecule has 0 aliphatic heterocycles. The Morgan fingerprint density at radius 1 is 1.41 bits per heavy atom. The molecule has 1 unspecified atom stereocenters. The Hall–Kier alpha value is -0.240. The van der Waals surface area contributed by atoms with Crippen LogP contribution in [0.5, 0.6) is 0 Å². The highest BCUT2D eigenvalue weighted by Crippen LogP contribution is 2.08. The van der Waals surface area contributed by atoms with Crippen LogP contribution in [0.25, 0.3) is 0 Å². The summed E-state index contributed by atoms with van der Waals surface area (Å²) in [5.74, 6) is -0.0245. The SMILES string of the molecule is CC(C)OCCS(=O)(=O)N(C)C(C)CC(N)=S. The minimum absolute atomic E-state index is 0.0245. The number of sulfonamides is 1. The highest BCUT2D eigenvalue weighted by Gasteiger charge is 2.23. The van der Waals surface area contributed by atoms with Crippen molar-refractivity contribution >= 4 is 27.2 Å². The van der Waals surface area contributed by atoms with Gasteiger partial charge in [-0.3, -0.25) is 0 Å². The van der Waals surface area contributed by atoms with Crippen molar-refractivity contribution in [2.75, 3.05) is 19.4 Å². The van der Waals surface area contributed by atoms with Crippen molar-refractivity contribution in [3.05, 3.63) is 0 Å². The minimum atomic E-state index is -3.31. The maximum Gasteiger partial charge on any atom is 0.216 e. The lowest BCUT2D eigenvalue weighted by molar-refractivity contribution is 0.0906. The monoisotopic (exact) mass is 282 g/mol. The molecule has 17 heavy (non-hydrogen) atoms. The number of rotatable bonds is 8. The third-order valence-electron chi connectivity index (χ3n) is 2.35. The summed E-state index contributed by atoms with van der Waals surface area (Å²) in [4.78, 5) is 0.318. The van der Waals surface area contributed by atoms with E-state index < -0.39 is 10.0 Å². The quantitative estimate of drug-likeness (QED) is 0.665. The van der Waals surface area contributed by atoms with Crippen molar-refractivity contribution in [2.24, 2.45) is 5.73 Å². The Morgan fingerprint density at radius 3 is 2.35 bits per heavy atom. The Morgan fingerprint density at radius 2 is 1.94 bits per heavy atom. The molecule has 0 saturated heterocycles. The maximum absolute atomic E-state index is 11.9. The molecule has 1 atom stereocenters. The van der Waals surface area contributed by atoms with Crippen LogP contribution in [0, 0.1) is 0 Å². The number of nitrogens with two attached hydrogens (primary N) is 1. The average Bonchev–Trinajstić information content (AvgIpc) is 2.14. The molecular formula is C10H22N2O3S2. The van der Waals surface area contributed by atoms with E-state index in [4.69, 9.17) is 22.7 Å². The van der Waals surface area contributed by atoms with Gasteiger partial charge in [-0.05, 0) is 20.8 Å². The van der Waals surface area contributed by atoms with Crippen LogP contribution in [0.1, 0.15) is 27.2 Å². The van der Waals surface area contributed by atoms with E-state index in [1.807, 2.05) is 13.8 Å². The molecule has 0 heterocycles. The number of thiocarbonyl (C=S) groups is 1. The zero-order chi connectivity index (χ0) is 13.6. The molecule has 0 spiro atoms. The van der Waals surface area contributed by atoms with Crippen LogP contribution in [0.3, 0.4) is 0 Å². The Balaban J connectivity index is 4.34. The molecule has 0 bridgehead atoms. The second kappa shape index (κ2) is 7.25. The largest absolute Gasteiger partial charge is 0.393 e. The molecular weight excluding hydrogens is 260 g/mol. The van der Waals surface area contributed by atoms with Crippen LogP contribution >= 0.6 is 12.2 Å². The van der Waals surface area contributed by atoms with Gasteiger partial charge in [0.2, 0.25) is 10.0 Å². The lowest BCUT2D eigenvalue weighted by atomic mass is 10.2. The van der Waals surface area contributed by atoms with Gasteiger partial charge < -0.3 is 10.5 Å². The van der Waals surface area contributed by atoms with E-state index in [1.54, 1.807) is 6.92 Å². The van der Waals surface area contributed by atoms with Crippen molar-refractivity contribution in [1.82, 2.24) is 4.31 Å². The van der Waals surface area contributed by atoms with Gasteiger partial charge in [0.05, 0.1) is 23.5 Å². The predicted molar refractivity (Wildman–Crippen MR) is 73.5 cm³/mol. The first kappa shape index (κ1) is 16.8. The van der Waals surface area contributed by atoms with Crippen LogP contribution < -0.4 is 5.73 Å². The number of hydrogen-bond acceptors (Lipinski definition) is 4. The van der Waals surface area contributed by atoms with E-state index in [1.165, 1.54) is 11.4 Å². The number of nitrogens with zero attached hydrogens (tertiary/aromatic N) is 1. The second-order valence-corrected chi connectivity index (χ2v) is 6.94. The van der Waals surface area contributed by atoms with Crippen LogP contribution in [0.15, 0.2) is 0 Å². The third-order valence-corrected chi connectivity index (χ3v) is 4.44. The summed E-state index contributed by atoms with van der Waals surface area (Å²) in [6.07, 6.45) is 0.417. The minimum Gasteiger partial charge on any atom is -0.393 e. The molecule has 102 valence electrons. The van der Waals surface area contributed by atoms with E-state index in [-0.39, 0.29) is 24.5 Å². The van der Waals surface area contributed by atoms with Crippen LogP contribution in [-0.2, 0) is 14.8 Å². The van der Waals surface area contributed by atoms with Crippen LogP contribution in [0.4, 0.5) is 0 Å². The lowest BCUT2D eigenvalue weighted by Gasteiger charge is -2.24. The van der Waals surface area contributed by atoms with Gasteiger partial charge in [0.15, 0.2) is 0 Å². The number of ether oxygens (including phenoxy) is 1. The maximum atomic E-state index is 11.9. The molecule has 5 nitrogen and oxygen atoms in total. The molecule has 0 rings (SSSR count). The van der Waals surface area contributed by atoms with Gasteiger partial charge in [-0.25, -0.2) is 12.7 Å². The van der Waals surface area contributed by atoms with E-state index in [0.29, 0.717) is 11.4 Å². The molecule has 0 radical (unpaired) electrons. The van der Waals surface area contributed by atoms with Crippen molar-refractivity contribution in [3.63, 3.8) is 0 Å². The second-order valence-electron chi connectivity index (χ2n) is 4.27. The normalized spacial score (nSPS) is 14.2. The fourth-order valence-electron chi connectivity index (χ4n) is 1.23. The van der Waals surface area contributed by atoms with Crippen LogP contribution in [-0.4, -0.2) is 49.3 Å². The van der Waals surface area contributed by atoms with Gasteiger partial charge in [0, 0.05) is 19.5 Å². The average molecular weight is 282 g/mol. The van der Waals surface area contributed by atoms with Gasteiger partial charge in [-0.15, -0.1) is 0 Å². The zero-order valence-electron chi connectivity index (χ0n) is 10.8. The Kier molecular flexibility index (Phi) is 7.15. The van der Waals surface area contributed by atoms with Gasteiger partial charge in [0.1, 0.15) is 0 Å². The number of hydrogen-bond donors (Lipinski definition) is 1. The van der Waals surface area contributed by atoms with Crippen molar-refractivity contribution in [2.45, 2.75) is 39.3 Å². The summed E-state index contributed by atoms with van der Waals surface area (Å²) in [6.45, 7) is 5.71. The summed E-state index contributed by atoms with van der Waals surface area (Å²) in [5.41, 5.74) is 5.40. The first-order valence-electron chi connectivity index (χ1n) is 5.52. The smallest absolute Gasteiger partial charge is 0.216 e. The van der Waals surface area contributed by atoms with Crippen molar-refractivity contribution < 1.29 is 13.2 Å². The molecule has 0 aliphatic carbocycles. The van der Waals surface area contributed by atoms with Gasteiger partial charge in [0.25, 0.3) is 0 Å². The first-order chi connectivity index (χ1) is 7.66. The summed E-state index contributed by atoms with van der Waals surface area (Å²) in [7, 11) is -1.77. The Labute approximate surface area is 109 Å². The highest BCUT2D eigenvalue weighted by molar-refractivity contribution is 7.89. The topological polar surface area (TPSA) is 72.6 Å². The molecule has 0 saturated carbocycles. The zero-order valence-corrected chi connectivity index (χ0v) is 12.5. The molecule has 0 aliphatic rings. The highest BCUT2D eigenvalue weighted by atomic mass is 32.2. The summed E-state index contributed by atoms with van der Waals surface area (Å²) < 4.78 is 30.3. The molecule has 2 N–H and O–H groups in total. The van der Waals surface area contributed by atoms with Gasteiger partial charge in [-0.2, -0.15) is 0 Å². The van der Waals surface area contributed by atoms with Crippen LogP contribution in [0.2, 0.25) is 0 Å². The fourth-order valence-corrected chi connectivity index (χ4v) is 2.69. The molecule has 0 aromatic carbocycles. The first-order valence-corrected chi connectivity index (χ1v) is 7.54. The predicted octanol–water partition coefficient (Wildman–Crippen LogP) is 0.738.